The molecule has 0 aliphatic carbocycles. The molecular weight excluding hydrogens is 1100 g/mol. The lowest BCUT2D eigenvalue weighted by molar-refractivity contribution is -0.167. The Hall–Kier alpha value is -6.13. The molecule has 0 aromatic rings. The van der Waals surface area contributed by atoms with Gasteiger partial charge >= 0.3 is 5.97 Å². The molecule has 1 aliphatic rings. The fourth-order valence-electron chi connectivity index (χ4n) is 10.7. The Morgan fingerprint density at radius 2 is 0.872 bits per heavy atom. The number of nitrogens with zero attached hydrogens (tertiary/aromatic N) is 6. The predicted molar refractivity (Wildman–Crippen MR) is 333 cm³/mol. The fraction of sp³-hybridized carbons (Fsp3) is 0.794. The summed E-state index contributed by atoms with van der Waals surface area (Å²) in [4.78, 5) is 167. The van der Waals surface area contributed by atoms with Crippen molar-refractivity contribution in [2.75, 3.05) is 55.9 Å². The number of hydrogen-bond acceptors (Lipinski definition) is 13. The molecule has 10 amide bonds. The number of ether oxygens (including phenoxy) is 1. The van der Waals surface area contributed by atoms with E-state index >= 15 is 4.79 Å². The Labute approximate surface area is 515 Å². The number of allylic oxidation sites excluding steroid dienone is 2. The van der Waals surface area contributed by atoms with Gasteiger partial charge in [-0.3, -0.25) is 47.9 Å². The summed E-state index contributed by atoms with van der Waals surface area (Å²) in [7, 11) is 10.2. The number of hydrogen-bond donors (Lipinski definition) is 5. The van der Waals surface area contributed by atoms with Crippen LogP contribution in [0.2, 0.25) is 0 Å². The minimum absolute atomic E-state index is 0.124. The molecule has 0 spiro atoms. The van der Waals surface area contributed by atoms with Gasteiger partial charge in [0.15, 0.2) is 0 Å². The molecule has 492 valence electrons. The molecule has 1 aliphatic heterocycles. The third kappa shape index (κ3) is 22.2. The lowest BCUT2D eigenvalue weighted by atomic mass is 9.92. The van der Waals surface area contributed by atoms with Crippen molar-refractivity contribution < 1.29 is 57.5 Å². The first kappa shape index (κ1) is 77.9. The number of amides is 10. The molecule has 5 unspecified atom stereocenters. The Bertz CT molecular complexity index is 2340. The first-order valence-corrected chi connectivity index (χ1v) is 31.0. The van der Waals surface area contributed by atoms with E-state index in [0.29, 0.717) is 6.42 Å². The molecule has 1 rings (SSSR count). The Kier molecular flexibility index (Phi) is 32.3. The van der Waals surface area contributed by atoms with Crippen molar-refractivity contribution >= 4 is 65.0 Å². The van der Waals surface area contributed by atoms with Crippen LogP contribution in [0.1, 0.15) is 157 Å². The average molecular weight is 1220 g/mol. The molecular formula is C63H113N11O12. The van der Waals surface area contributed by atoms with Crippen LogP contribution in [0.3, 0.4) is 0 Å². The van der Waals surface area contributed by atoms with E-state index in [1.54, 1.807) is 41.5 Å². The van der Waals surface area contributed by atoms with Gasteiger partial charge < -0.3 is 60.7 Å². The van der Waals surface area contributed by atoms with E-state index in [1.165, 1.54) is 92.6 Å². The maximum atomic E-state index is 15.1. The number of carbonyl (C=O) groups excluding carboxylic acids is 11. The monoisotopic (exact) mass is 1220 g/mol. The number of carbonyl (C=O) groups is 11. The number of cyclic esters (lactones) is 1. The molecule has 86 heavy (non-hydrogen) atoms. The summed E-state index contributed by atoms with van der Waals surface area (Å²) in [6.45, 7) is 31.5. The van der Waals surface area contributed by atoms with Crippen LogP contribution in [-0.4, -0.2) is 217 Å². The third-order valence-electron chi connectivity index (χ3n) is 16.1. The zero-order valence-electron chi connectivity index (χ0n) is 56.9. The second-order valence-electron chi connectivity index (χ2n) is 26.6. The predicted octanol–water partition coefficient (Wildman–Crippen LogP) is 3.83. The van der Waals surface area contributed by atoms with E-state index in [1.807, 2.05) is 81.4 Å². The van der Waals surface area contributed by atoms with E-state index in [2.05, 4.69) is 26.6 Å². The molecule has 0 radical (unpaired) electrons. The van der Waals surface area contributed by atoms with Gasteiger partial charge in [-0.25, -0.2) is 4.79 Å². The van der Waals surface area contributed by atoms with Gasteiger partial charge in [-0.2, -0.15) is 0 Å². The number of esters is 1. The molecule has 23 heteroatoms. The van der Waals surface area contributed by atoms with Gasteiger partial charge in [-0.15, -0.1) is 0 Å². The van der Waals surface area contributed by atoms with E-state index in [4.69, 9.17) is 4.74 Å². The van der Waals surface area contributed by atoms with E-state index < -0.39 is 162 Å². The zero-order chi connectivity index (χ0) is 66.7. The smallest absolute Gasteiger partial charge is 0.329 e. The fourth-order valence-corrected chi connectivity index (χ4v) is 10.7. The summed E-state index contributed by atoms with van der Waals surface area (Å²) in [6, 6.07) is -11.8. The first-order chi connectivity index (χ1) is 39.7. The van der Waals surface area contributed by atoms with Crippen molar-refractivity contribution in [2.45, 2.75) is 223 Å². The summed E-state index contributed by atoms with van der Waals surface area (Å²) in [5.74, 6) is -9.73. The van der Waals surface area contributed by atoms with Gasteiger partial charge in [0, 0.05) is 42.3 Å². The highest BCUT2D eigenvalue weighted by molar-refractivity contribution is 5.98. The van der Waals surface area contributed by atoms with Crippen LogP contribution in [0.25, 0.3) is 0 Å². The van der Waals surface area contributed by atoms with Crippen LogP contribution in [0.5, 0.6) is 0 Å². The van der Waals surface area contributed by atoms with Crippen LogP contribution < -0.4 is 26.6 Å². The van der Waals surface area contributed by atoms with Crippen LogP contribution in [0.4, 0.5) is 0 Å². The van der Waals surface area contributed by atoms with Gasteiger partial charge in [0.2, 0.25) is 59.1 Å². The molecule has 0 aromatic carbocycles. The summed E-state index contributed by atoms with van der Waals surface area (Å²) < 4.78 is 6.38. The molecule has 1 fully saturated rings. The van der Waals surface area contributed by atoms with Gasteiger partial charge in [-0.05, 0) is 107 Å². The highest BCUT2D eigenvalue weighted by atomic mass is 16.5. The van der Waals surface area contributed by atoms with Crippen molar-refractivity contribution in [1.82, 2.24) is 56.0 Å². The van der Waals surface area contributed by atoms with Gasteiger partial charge in [0.05, 0.1) is 6.54 Å². The molecule has 0 bridgehead atoms. The summed E-state index contributed by atoms with van der Waals surface area (Å²) >= 11 is 0. The molecule has 5 N–H and O–H groups in total. The molecule has 1 saturated heterocycles. The Morgan fingerprint density at radius 3 is 1.31 bits per heavy atom. The lowest BCUT2D eigenvalue weighted by Gasteiger charge is -2.40. The third-order valence-corrected chi connectivity index (χ3v) is 16.1. The van der Waals surface area contributed by atoms with Crippen molar-refractivity contribution in [3.05, 3.63) is 12.2 Å². The quantitative estimate of drug-likeness (QED) is 0.115. The highest BCUT2D eigenvalue weighted by Gasteiger charge is 2.45. The standard InChI is InChI=1S/C63H113N11O12/c1-26-27-28-41(16)53-51(64-19)57(79)68-49(38(10)11)61(83)69(20)33-48(75)70(21)44(29-34(2)3)56(78)67-50(39(12)13)62(84)71(22)45(30-35(4)5)55(77)65-42(17)54(76)66-43(18)58(80)72(23)46(31-36(6)7)59(81)73(24)47(32-37(8)9)60(82)74(25)52(40(14)15)63(85)86-53/h26-27,34-47,49-53,64H,28-33H2,1-25H3,(H,65,77)(H,66,76)(H,67,78)(H,68,79)/b27-26+/t41-,42+,43-,44?,45+,46?,47+,49?,50+,51?,52?,53-/m1/s1. The van der Waals surface area contributed by atoms with Crippen molar-refractivity contribution in [3.8, 4) is 0 Å². The Morgan fingerprint density at radius 1 is 0.477 bits per heavy atom. The van der Waals surface area contributed by atoms with Crippen LogP contribution in [0, 0.1) is 47.3 Å². The SMILES string of the molecule is C/C=C/C[C@@H](C)[C@H]1OC(=O)C(C(C)C)N(C)C(=O)[C@H](CC(C)C)N(C)C(=O)C(CC(C)C)N(C)C(=O)[C@@H](C)NC(=O)[C@H](C)NC(=O)[C@H](CC(C)C)N(C)C(=O)[C@H](C(C)C)NC(=O)C(CC(C)C)N(C)C(=O)CN(C)C(=O)C(C(C)C)NC(=O)C1NC. The van der Waals surface area contributed by atoms with E-state index in [9.17, 15) is 47.9 Å². The first-order valence-electron chi connectivity index (χ1n) is 31.0. The molecule has 0 saturated carbocycles. The van der Waals surface area contributed by atoms with Gasteiger partial charge in [0.1, 0.15) is 66.5 Å². The normalized spacial score (nSPS) is 27.3. The number of likely N-dealkylation sites (N-methyl/N-ethyl adjacent to an activating group) is 7. The number of rotatable bonds is 15. The van der Waals surface area contributed by atoms with Crippen LogP contribution >= 0.6 is 0 Å². The molecule has 1 heterocycles. The average Bonchev–Trinajstić information content (AvgIpc) is 3.57. The van der Waals surface area contributed by atoms with Crippen LogP contribution in [0.15, 0.2) is 12.2 Å². The van der Waals surface area contributed by atoms with Crippen molar-refractivity contribution in [2.24, 2.45) is 47.3 Å². The largest absolute Gasteiger partial charge is 0.458 e. The molecule has 0 aromatic heterocycles. The van der Waals surface area contributed by atoms with E-state index in [-0.39, 0.29) is 49.4 Å². The summed E-state index contributed by atoms with van der Waals surface area (Å²) in [5.41, 5.74) is 0. The highest BCUT2D eigenvalue weighted by Crippen LogP contribution is 2.26. The minimum atomic E-state index is -1.24. The van der Waals surface area contributed by atoms with Crippen molar-refractivity contribution in [1.29, 1.82) is 0 Å². The second kappa shape index (κ2) is 35.6. The molecule has 12 atom stereocenters. The van der Waals surface area contributed by atoms with Crippen LogP contribution in [-0.2, 0) is 57.5 Å². The Balaban J connectivity index is 4.30. The van der Waals surface area contributed by atoms with Gasteiger partial charge in [0.25, 0.3) is 0 Å². The summed E-state index contributed by atoms with van der Waals surface area (Å²) in [6.07, 6.45) is 3.57. The topological polar surface area (TPSA) is 277 Å². The van der Waals surface area contributed by atoms with Gasteiger partial charge in [-0.1, -0.05) is 116 Å². The lowest BCUT2D eigenvalue weighted by Crippen LogP contribution is -2.61. The maximum absolute atomic E-state index is 15.1. The molecule has 23 nitrogen and oxygen atoms in total. The second-order valence-corrected chi connectivity index (χ2v) is 26.6. The van der Waals surface area contributed by atoms with Crippen molar-refractivity contribution in [3.63, 3.8) is 0 Å². The van der Waals surface area contributed by atoms with E-state index in [0.717, 1.165) is 0 Å². The minimum Gasteiger partial charge on any atom is -0.458 e. The number of nitrogens with one attached hydrogen (secondary N) is 5. The zero-order valence-corrected chi connectivity index (χ0v) is 56.9. The maximum Gasteiger partial charge on any atom is 0.329 e. The summed E-state index contributed by atoms with van der Waals surface area (Å²) in [5, 5.41) is 14.1.